The van der Waals surface area contributed by atoms with Gasteiger partial charge >= 0.3 is 0 Å². The molecule has 2 fully saturated rings. The first kappa shape index (κ1) is 21.3. The average Bonchev–Trinajstić information content (AvgIpc) is 2.68. The second kappa shape index (κ2) is 9.37. The number of rotatable bonds is 6. The van der Waals surface area contributed by atoms with Crippen molar-refractivity contribution in [1.29, 1.82) is 0 Å². The van der Waals surface area contributed by atoms with Crippen molar-refractivity contribution in [2.45, 2.75) is 50.5 Å². The van der Waals surface area contributed by atoms with Crippen LogP contribution in [0.1, 0.15) is 39.5 Å². The molecule has 2 atom stereocenters. The molecule has 2 unspecified atom stereocenters. The Hall–Kier alpha value is -1.44. The van der Waals surface area contributed by atoms with E-state index in [9.17, 15) is 13.2 Å². The molecule has 0 radical (unpaired) electrons. The highest BCUT2D eigenvalue weighted by atomic mass is 32.2. The average molecular weight is 408 g/mol. The van der Waals surface area contributed by atoms with Crippen LogP contribution in [0.5, 0.6) is 0 Å². The smallest absolute Gasteiger partial charge is 0.243 e. The number of sulfonamides is 1. The first-order valence-electron chi connectivity index (χ1n) is 10.4. The number of likely N-dealkylation sites (tertiary alicyclic amines) is 1. The van der Waals surface area contributed by atoms with Gasteiger partial charge in [0.05, 0.1) is 4.90 Å². The minimum atomic E-state index is -3.46. The van der Waals surface area contributed by atoms with Crippen LogP contribution in [0.4, 0.5) is 0 Å². The van der Waals surface area contributed by atoms with Crippen molar-refractivity contribution >= 4 is 15.9 Å². The van der Waals surface area contributed by atoms with Gasteiger partial charge < -0.3 is 10.2 Å². The number of amides is 1. The van der Waals surface area contributed by atoms with Gasteiger partial charge in [0.1, 0.15) is 0 Å². The van der Waals surface area contributed by atoms with Gasteiger partial charge in [-0.15, -0.1) is 0 Å². The van der Waals surface area contributed by atoms with E-state index in [4.69, 9.17) is 0 Å². The van der Waals surface area contributed by atoms with Gasteiger partial charge in [0.15, 0.2) is 0 Å². The Morgan fingerprint density at radius 2 is 1.82 bits per heavy atom. The molecule has 2 heterocycles. The zero-order chi connectivity index (χ0) is 20.1. The molecule has 7 heteroatoms. The quantitative estimate of drug-likeness (QED) is 0.786. The summed E-state index contributed by atoms with van der Waals surface area (Å²) in [4.78, 5) is 15.4. The molecule has 0 aliphatic carbocycles. The fourth-order valence-corrected chi connectivity index (χ4v) is 5.84. The number of nitrogens with one attached hydrogen (secondary N) is 1. The van der Waals surface area contributed by atoms with Crippen LogP contribution in [0.25, 0.3) is 0 Å². The van der Waals surface area contributed by atoms with Gasteiger partial charge in [-0.2, -0.15) is 4.31 Å². The molecule has 1 aromatic carbocycles. The standard InChI is InChI=1S/C21H33N3O3S/c1-17-7-6-12-23(15-17)16-18(2)22-21(25)19-10-13-24(14-11-19)28(26,27)20-8-4-3-5-9-20/h3-5,8-9,17-19H,6-7,10-16H2,1-2H3,(H,22,25). The first-order valence-corrected chi connectivity index (χ1v) is 11.9. The predicted molar refractivity (Wildman–Crippen MR) is 110 cm³/mol. The summed E-state index contributed by atoms with van der Waals surface area (Å²) in [5.74, 6) is 0.687. The number of piperidine rings is 2. The molecule has 2 aliphatic heterocycles. The van der Waals surface area contributed by atoms with Crippen LogP contribution in [0.3, 0.4) is 0 Å². The molecular weight excluding hydrogens is 374 g/mol. The number of carbonyl (C=O) groups excluding carboxylic acids is 1. The zero-order valence-corrected chi connectivity index (χ0v) is 17.8. The van der Waals surface area contributed by atoms with E-state index in [0.717, 1.165) is 25.6 Å². The number of benzene rings is 1. The van der Waals surface area contributed by atoms with Crippen LogP contribution >= 0.6 is 0 Å². The van der Waals surface area contributed by atoms with Crippen molar-refractivity contribution in [2.75, 3.05) is 32.7 Å². The molecule has 2 saturated heterocycles. The third kappa shape index (κ3) is 5.33. The summed E-state index contributed by atoms with van der Waals surface area (Å²) in [5, 5.41) is 3.15. The Morgan fingerprint density at radius 3 is 2.46 bits per heavy atom. The summed E-state index contributed by atoms with van der Waals surface area (Å²) in [7, 11) is -3.46. The molecule has 0 spiro atoms. The normalized spacial score (nSPS) is 24.0. The lowest BCUT2D eigenvalue weighted by molar-refractivity contribution is -0.126. The lowest BCUT2D eigenvalue weighted by atomic mass is 9.96. The molecule has 1 amide bonds. The minimum Gasteiger partial charge on any atom is -0.352 e. The Labute approximate surface area is 169 Å². The van der Waals surface area contributed by atoms with Crippen molar-refractivity contribution in [3.05, 3.63) is 30.3 Å². The second-order valence-electron chi connectivity index (χ2n) is 8.41. The fraction of sp³-hybridized carbons (Fsp3) is 0.667. The largest absolute Gasteiger partial charge is 0.352 e. The fourth-order valence-electron chi connectivity index (χ4n) is 4.35. The number of carbonyl (C=O) groups is 1. The van der Waals surface area contributed by atoms with E-state index in [1.807, 2.05) is 0 Å². The van der Waals surface area contributed by atoms with E-state index < -0.39 is 10.0 Å². The Balaban J connectivity index is 1.47. The predicted octanol–water partition coefficient (Wildman–Crippen LogP) is 2.32. The number of hydrogen-bond acceptors (Lipinski definition) is 4. The van der Waals surface area contributed by atoms with E-state index in [-0.39, 0.29) is 17.9 Å². The molecule has 3 rings (SSSR count). The molecule has 0 saturated carbocycles. The zero-order valence-electron chi connectivity index (χ0n) is 17.0. The van der Waals surface area contributed by atoms with E-state index in [1.165, 1.54) is 17.1 Å². The SMILES string of the molecule is CC1CCCN(CC(C)NC(=O)C2CCN(S(=O)(=O)c3ccccc3)CC2)C1. The molecule has 0 bridgehead atoms. The van der Waals surface area contributed by atoms with Crippen molar-refractivity contribution in [3.8, 4) is 0 Å². The molecule has 28 heavy (non-hydrogen) atoms. The van der Waals surface area contributed by atoms with Crippen LogP contribution in [0, 0.1) is 11.8 Å². The summed E-state index contributed by atoms with van der Waals surface area (Å²) in [6.45, 7) is 8.24. The molecule has 6 nitrogen and oxygen atoms in total. The Morgan fingerprint density at radius 1 is 1.14 bits per heavy atom. The molecule has 156 valence electrons. The van der Waals surface area contributed by atoms with Gasteiger partial charge in [-0.25, -0.2) is 8.42 Å². The summed E-state index contributed by atoms with van der Waals surface area (Å²) >= 11 is 0. The van der Waals surface area contributed by atoms with Crippen LogP contribution < -0.4 is 5.32 Å². The van der Waals surface area contributed by atoms with Crippen LogP contribution in [0.2, 0.25) is 0 Å². The van der Waals surface area contributed by atoms with E-state index in [0.29, 0.717) is 30.8 Å². The maximum Gasteiger partial charge on any atom is 0.243 e. The third-order valence-electron chi connectivity index (χ3n) is 5.87. The van der Waals surface area contributed by atoms with Crippen molar-refractivity contribution < 1.29 is 13.2 Å². The van der Waals surface area contributed by atoms with E-state index in [2.05, 4.69) is 24.1 Å². The second-order valence-corrected chi connectivity index (χ2v) is 10.3. The molecular formula is C21H33N3O3S. The highest BCUT2D eigenvalue weighted by Crippen LogP contribution is 2.24. The first-order chi connectivity index (χ1) is 13.4. The van der Waals surface area contributed by atoms with Gasteiger partial charge in [-0.05, 0) is 57.2 Å². The van der Waals surface area contributed by atoms with Crippen molar-refractivity contribution in [1.82, 2.24) is 14.5 Å². The minimum absolute atomic E-state index is 0.0642. The Bertz CT molecular complexity index is 745. The summed E-state index contributed by atoms with van der Waals surface area (Å²) in [6.07, 6.45) is 3.68. The summed E-state index contributed by atoms with van der Waals surface area (Å²) in [6, 6.07) is 8.63. The van der Waals surface area contributed by atoms with Crippen LogP contribution in [-0.2, 0) is 14.8 Å². The third-order valence-corrected chi connectivity index (χ3v) is 7.78. The van der Waals surface area contributed by atoms with E-state index >= 15 is 0 Å². The van der Waals surface area contributed by atoms with Gasteiger partial charge in [-0.1, -0.05) is 25.1 Å². The molecule has 2 aliphatic rings. The lowest BCUT2D eigenvalue weighted by Crippen LogP contribution is -2.48. The number of hydrogen-bond donors (Lipinski definition) is 1. The Kier molecular flexibility index (Phi) is 7.12. The maximum absolute atomic E-state index is 12.7. The van der Waals surface area contributed by atoms with E-state index in [1.54, 1.807) is 30.3 Å². The highest BCUT2D eigenvalue weighted by molar-refractivity contribution is 7.89. The van der Waals surface area contributed by atoms with Gasteiger partial charge in [0.2, 0.25) is 15.9 Å². The van der Waals surface area contributed by atoms with Gasteiger partial charge in [0.25, 0.3) is 0 Å². The van der Waals surface area contributed by atoms with Gasteiger partial charge in [-0.3, -0.25) is 4.79 Å². The highest BCUT2D eigenvalue weighted by Gasteiger charge is 2.32. The van der Waals surface area contributed by atoms with Crippen LogP contribution in [-0.4, -0.2) is 62.3 Å². The maximum atomic E-state index is 12.7. The number of nitrogens with zero attached hydrogens (tertiary/aromatic N) is 2. The molecule has 0 aromatic heterocycles. The van der Waals surface area contributed by atoms with Crippen molar-refractivity contribution in [3.63, 3.8) is 0 Å². The lowest BCUT2D eigenvalue weighted by Gasteiger charge is -2.34. The topological polar surface area (TPSA) is 69.7 Å². The summed E-state index contributed by atoms with van der Waals surface area (Å²) in [5.41, 5.74) is 0. The van der Waals surface area contributed by atoms with Crippen molar-refractivity contribution in [2.24, 2.45) is 11.8 Å². The molecule has 1 aromatic rings. The van der Waals surface area contributed by atoms with Gasteiger partial charge in [0, 0.05) is 38.1 Å². The monoisotopic (exact) mass is 407 g/mol. The van der Waals surface area contributed by atoms with Crippen LogP contribution in [0.15, 0.2) is 35.2 Å². The summed E-state index contributed by atoms with van der Waals surface area (Å²) < 4.78 is 26.9. The molecule has 1 N–H and O–H groups in total.